The van der Waals surface area contributed by atoms with Gasteiger partial charge in [-0.25, -0.2) is 13.1 Å². The predicted octanol–water partition coefficient (Wildman–Crippen LogP) is 3.39. The van der Waals surface area contributed by atoms with E-state index in [9.17, 15) is 26.4 Å². The number of alkyl halides is 3. The molecule has 0 spiro atoms. The van der Waals surface area contributed by atoms with Crippen molar-refractivity contribution in [2.75, 3.05) is 0 Å². The van der Waals surface area contributed by atoms with E-state index in [2.05, 4.69) is 0 Å². The van der Waals surface area contributed by atoms with Gasteiger partial charge in [-0.3, -0.25) is 4.79 Å². The number of sulfonamides is 1. The molecule has 0 radical (unpaired) electrons. The molecule has 1 saturated carbocycles. The fourth-order valence-electron chi connectivity index (χ4n) is 2.86. The monoisotopic (exact) mass is 394 g/mol. The second-order valence-corrected chi connectivity index (χ2v) is 7.85. The van der Waals surface area contributed by atoms with E-state index in [1.807, 2.05) is 0 Å². The molecule has 1 aliphatic rings. The van der Waals surface area contributed by atoms with Crippen molar-refractivity contribution in [1.29, 1.82) is 5.26 Å². The number of carbonyl (C=O) groups excluding carboxylic acids is 1. The molecule has 1 N–H and O–H groups in total. The molecule has 0 heterocycles. The van der Waals surface area contributed by atoms with Crippen molar-refractivity contribution in [3.05, 3.63) is 28.8 Å². The number of benzene rings is 1. The lowest BCUT2D eigenvalue weighted by molar-refractivity contribution is -0.197. The lowest BCUT2D eigenvalue weighted by Gasteiger charge is -2.31. The Labute approximate surface area is 147 Å². The van der Waals surface area contributed by atoms with Crippen LogP contribution < -0.4 is 4.72 Å². The molecule has 1 aromatic carbocycles. The molecule has 1 fully saturated rings. The highest BCUT2D eigenvalue weighted by Gasteiger charge is 2.48. The van der Waals surface area contributed by atoms with Crippen LogP contribution in [-0.4, -0.2) is 20.5 Å². The molecule has 2 atom stereocenters. The van der Waals surface area contributed by atoms with Crippen LogP contribution in [-0.2, 0) is 14.8 Å². The molecular formula is C15H14ClF3N2O3S. The van der Waals surface area contributed by atoms with E-state index >= 15 is 0 Å². The molecule has 1 aliphatic carbocycles. The number of nitriles is 1. The Morgan fingerprint density at radius 1 is 1.28 bits per heavy atom. The van der Waals surface area contributed by atoms with Crippen LogP contribution in [0.15, 0.2) is 23.1 Å². The van der Waals surface area contributed by atoms with Crippen molar-refractivity contribution in [2.45, 2.75) is 36.8 Å². The smallest absolute Gasteiger partial charge is 0.274 e. The van der Waals surface area contributed by atoms with E-state index in [4.69, 9.17) is 16.9 Å². The van der Waals surface area contributed by atoms with Crippen LogP contribution in [0.5, 0.6) is 0 Å². The molecule has 0 bridgehead atoms. The minimum absolute atomic E-state index is 0.0281. The zero-order valence-electron chi connectivity index (χ0n) is 12.8. The Balaban J connectivity index is 2.23. The Morgan fingerprint density at radius 2 is 1.92 bits per heavy atom. The number of nitrogens with one attached hydrogen (secondary N) is 1. The molecule has 25 heavy (non-hydrogen) atoms. The van der Waals surface area contributed by atoms with Crippen LogP contribution in [0.1, 0.15) is 31.2 Å². The van der Waals surface area contributed by atoms with E-state index in [0.717, 1.165) is 18.2 Å². The third-order valence-electron chi connectivity index (χ3n) is 4.13. The van der Waals surface area contributed by atoms with Crippen molar-refractivity contribution in [3.8, 4) is 6.07 Å². The van der Waals surface area contributed by atoms with Gasteiger partial charge in [-0.05, 0) is 31.0 Å². The second kappa shape index (κ2) is 7.22. The first-order chi connectivity index (χ1) is 11.6. The van der Waals surface area contributed by atoms with Crippen LogP contribution in [0.2, 0.25) is 5.02 Å². The second-order valence-electron chi connectivity index (χ2n) is 5.76. The molecule has 0 saturated heterocycles. The lowest BCUT2D eigenvalue weighted by Crippen LogP contribution is -2.44. The van der Waals surface area contributed by atoms with Gasteiger partial charge in [0.1, 0.15) is 6.07 Å². The summed E-state index contributed by atoms with van der Waals surface area (Å²) in [5, 5.41) is 8.64. The van der Waals surface area contributed by atoms with Crippen LogP contribution in [0.3, 0.4) is 0 Å². The van der Waals surface area contributed by atoms with Gasteiger partial charge < -0.3 is 0 Å². The number of rotatable bonds is 3. The molecule has 1 aromatic rings. The molecule has 136 valence electrons. The highest BCUT2D eigenvalue weighted by atomic mass is 35.5. The maximum Gasteiger partial charge on any atom is 0.392 e. The molecule has 5 nitrogen and oxygen atoms in total. The third-order valence-corrected chi connectivity index (χ3v) is 5.79. The average Bonchev–Trinajstić information content (AvgIpc) is 2.53. The van der Waals surface area contributed by atoms with E-state index in [0.29, 0.717) is 12.8 Å². The minimum atomic E-state index is -4.57. The zero-order chi connectivity index (χ0) is 18.8. The van der Waals surface area contributed by atoms with Gasteiger partial charge in [0.25, 0.3) is 10.0 Å². The summed E-state index contributed by atoms with van der Waals surface area (Å²) in [4.78, 5) is 11.8. The van der Waals surface area contributed by atoms with Gasteiger partial charge in [0.05, 0.1) is 27.3 Å². The Kier molecular flexibility index (Phi) is 5.64. The van der Waals surface area contributed by atoms with Crippen LogP contribution in [0, 0.1) is 23.2 Å². The SMILES string of the molecule is N#Cc1ccc(S(=O)(=O)NC(=O)[C@@H]2CCCC[C@H]2C(F)(F)F)cc1Cl. The fourth-order valence-corrected chi connectivity index (χ4v) is 4.20. The quantitative estimate of drug-likeness (QED) is 0.851. The average molecular weight is 395 g/mol. The highest BCUT2D eigenvalue weighted by Crippen LogP contribution is 2.41. The molecule has 0 unspecified atom stereocenters. The first kappa shape index (κ1) is 19.5. The van der Waals surface area contributed by atoms with Gasteiger partial charge in [0, 0.05) is 0 Å². The third kappa shape index (κ3) is 4.44. The highest BCUT2D eigenvalue weighted by molar-refractivity contribution is 7.90. The van der Waals surface area contributed by atoms with Crippen LogP contribution in [0.25, 0.3) is 0 Å². The Bertz CT molecular complexity index is 818. The summed E-state index contributed by atoms with van der Waals surface area (Å²) in [6.07, 6.45) is -4.03. The lowest BCUT2D eigenvalue weighted by atomic mass is 9.78. The molecule has 0 aromatic heterocycles. The number of carbonyl (C=O) groups is 1. The normalized spacial score (nSPS) is 21.4. The van der Waals surface area contributed by atoms with E-state index in [-0.39, 0.29) is 23.4 Å². The number of hydrogen-bond donors (Lipinski definition) is 1. The summed E-state index contributed by atoms with van der Waals surface area (Å²) in [6.45, 7) is 0. The Morgan fingerprint density at radius 3 is 2.48 bits per heavy atom. The number of nitrogens with zero attached hydrogens (tertiary/aromatic N) is 1. The van der Waals surface area contributed by atoms with E-state index in [1.54, 1.807) is 10.8 Å². The molecule has 0 aliphatic heterocycles. The predicted molar refractivity (Wildman–Crippen MR) is 83.0 cm³/mol. The van der Waals surface area contributed by atoms with Gasteiger partial charge in [0.2, 0.25) is 5.91 Å². The summed E-state index contributed by atoms with van der Waals surface area (Å²) in [6, 6.07) is 4.93. The molecule has 1 amide bonds. The minimum Gasteiger partial charge on any atom is -0.274 e. The molecule has 10 heteroatoms. The first-order valence-corrected chi connectivity index (χ1v) is 9.25. The van der Waals surface area contributed by atoms with Crippen LogP contribution in [0.4, 0.5) is 13.2 Å². The number of halogens is 4. The van der Waals surface area contributed by atoms with Crippen LogP contribution >= 0.6 is 11.6 Å². The topological polar surface area (TPSA) is 87.0 Å². The number of hydrogen-bond acceptors (Lipinski definition) is 4. The van der Waals surface area contributed by atoms with Gasteiger partial charge in [0.15, 0.2) is 0 Å². The van der Waals surface area contributed by atoms with Crippen molar-refractivity contribution < 1.29 is 26.4 Å². The van der Waals surface area contributed by atoms with Gasteiger partial charge in [-0.15, -0.1) is 0 Å². The Hall–Kier alpha value is -1.79. The summed E-state index contributed by atoms with van der Waals surface area (Å²) in [7, 11) is -4.39. The summed E-state index contributed by atoms with van der Waals surface area (Å²) in [5.74, 6) is -4.49. The van der Waals surface area contributed by atoms with Gasteiger partial charge >= 0.3 is 6.18 Å². The molecule has 2 rings (SSSR count). The van der Waals surface area contributed by atoms with Crippen molar-refractivity contribution in [2.24, 2.45) is 11.8 Å². The number of amides is 1. The van der Waals surface area contributed by atoms with Crippen molar-refractivity contribution >= 4 is 27.5 Å². The standard InChI is InChI=1S/C15H14ClF3N2O3S/c16-13-7-10(6-5-9(13)8-20)25(23,24)21-14(22)11-3-1-2-4-12(11)15(17,18)19/h5-7,11-12H,1-4H2,(H,21,22)/t11-,12-/m1/s1. The van der Waals surface area contributed by atoms with Crippen molar-refractivity contribution in [1.82, 2.24) is 4.72 Å². The summed E-state index contributed by atoms with van der Waals surface area (Å²) < 4.78 is 65.4. The van der Waals surface area contributed by atoms with Gasteiger partial charge in [-0.2, -0.15) is 18.4 Å². The fraction of sp³-hybridized carbons (Fsp3) is 0.467. The maximum absolute atomic E-state index is 13.1. The first-order valence-electron chi connectivity index (χ1n) is 7.39. The molecular weight excluding hydrogens is 381 g/mol. The van der Waals surface area contributed by atoms with Gasteiger partial charge in [-0.1, -0.05) is 24.4 Å². The maximum atomic E-state index is 13.1. The summed E-state index contributed by atoms with van der Waals surface area (Å²) in [5.41, 5.74) is 0.0383. The van der Waals surface area contributed by atoms with E-state index < -0.39 is 38.8 Å². The van der Waals surface area contributed by atoms with Crippen molar-refractivity contribution in [3.63, 3.8) is 0 Å². The van der Waals surface area contributed by atoms with E-state index in [1.165, 1.54) is 0 Å². The summed E-state index contributed by atoms with van der Waals surface area (Å²) >= 11 is 5.76. The zero-order valence-corrected chi connectivity index (χ0v) is 14.4. The largest absolute Gasteiger partial charge is 0.392 e.